The highest BCUT2D eigenvalue weighted by Crippen LogP contribution is 2.30. The van der Waals surface area contributed by atoms with E-state index in [4.69, 9.17) is 21.1 Å². The molecule has 0 spiro atoms. The van der Waals surface area contributed by atoms with Gasteiger partial charge in [0.05, 0.1) is 24.6 Å². The number of ether oxygens (including phenoxy) is 2. The van der Waals surface area contributed by atoms with E-state index >= 15 is 0 Å². The summed E-state index contributed by atoms with van der Waals surface area (Å²) in [7, 11) is 1.68. The monoisotopic (exact) mass is 558 g/mol. The van der Waals surface area contributed by atoms with Crippen molar-refractivity contribution in [3.05, 3.63) is 29.8 Å². The summed E-state index contributed by atoms with van der Waals surface area (Å²) in [6, 6.07) is 7.17. The molecule has 3 rings (SSSR count). The van der Waals surface area contributed by atoms with Crippen LogP contribution >= 0.6 is 23.4 Å². The predicted octanol–water partition coefficient (Wildman–Crippen LogP) is 2.45. The number of benzene rings is 1. The van der Waals surface area contributed by atoms with E-state index in [0.717, 1.165) is 57.2 Å². The number of amides is 1. The number of hydrogen-bond acceptors (Lipinski definition) is 8. The van der Waals surface area contributed by atoms with E-state index in [1.807, 2.05) is 12.1 Å². The molecule has 2 fully saturated rings. The van der Waals surface area contributed by atoms with Gasteiger partial charge in [-0.25, -0.2) is 0 Å². The number of unbranched alkanes of at least 4 members (excludes halogenated alkanes) is 1. The fourth-order valence-electron chi connectivity index (χ4n) is 5.27. The van der Waals surface area contributed by atoms with Crippen molar-refractivity contribution in [3.63, 3.8) is 0 Å². The van der Waals surface area contributed by atoms with Gasteiger partial charge in [0.15, 0.2) is 0 Å². The Morgan fingerprint density at radius 1 is 1.16 bits per heavy atom. The molecule has 0 aromatic heterocycles. The summed E-state index contributed by atoms with van der Waals surface area (Å²) in [4.78, 5) is 13.2. The SMILES string of the molecule is COc1ccc(CCCC[C@@H]2CCN[C@H](C(=O)N[C@H]([C@H](C)Cl)[C@H]3OC(SC)[C@H](O)C(O)C3O)CC2)cc1. The standard InChI is InChI=1S/C27H43ClN2O6S/c1-16(28)21(25-23(32)22(31)24(33)27(36-25)37-3)30-26(34)20-13-10-18(14-15-29-20)7-5-4-6-17-8-11-19(35-2)12-9-17/h8-9,11-12,16,18,20-25,27,29,31-33H,4-7,10,13-15H2,1-3H3,(H,30,34)/t16-,18-,20-,21+,22?,23?,24+,25+,27?/m0/s1. The van der Waals surface area contributed by atoms with Gasteiger partial charge in [0.25, 0.3) is 0 Å². The van der Waals surface area contributed by atoms with Gasteiger partial charge in [0.1, 0.15) is 35.6 Å². The quantitative estimate of drug-likeness (QED) is 0.207. The molecule has 2 aliphatic heterocycles. The lowest BCUT2D eigenvalue weighted by Gasteiger charge is -2.44. The summed E-state index contributed by atoms with van der Waals surface area (Å²) in [6.45, 7) is 2.49. The fourth-order valence-corrected chi connectivity index (χ4v) is 6.15. The van der Waals surface area contributed by atoms with Crippen molar-refractivity contribution < 1.29 is 29.6 Å². The molecule has 2 aliphatic rings. The Balaban J connectivity index is 1.47. The third kappa shape index (κ3) is 8.46. The molecule has 1 amide bonds. The van der Waals surface area contributed by atoms with E-state index in [1.54, 1.807) is 20.3 Å². The van der Waals surface area contributed by atoms with Gasteiger partial charge in [-0.15, -0.1) is 23.4 Å². The van der Waals surface area contributed by atoms with Crippen LogP contribution in [0.5, 0.6) is 5.75 Å². The number of thioether (sulfide) groups is 1. The van der Waals surface area contributed by atoms with Gasteiger partial charge in [-0.2, -0.15) is 0 Å². The van der Waals surface area contributed by atoms with E-state index in [-0.39, 0.29) is 11.9 Å². The maximum absolute atomic E-state index is 13.2. The van der Waals surface area contributed by atoms with E-state index in [2.05, 4.69) is 22.8 Å². The van der Waals surface area contributed by atoms with Gasteiger partial charge in [-0.1, -0.05) is 25.0 Å². The number of hydrogen-bond donors (Lipinski definition) is 5. The average Bonchev–Trinajstić information content (AvgIpc) is 3.15. The van der Waals surface area contributed by atoms with Gasteiger partial charge >= 0.3 is 0 Å². The molecule has 0 saturated carbocycles. The molecule has 210 valence electrons. The van der Waals surface area contributed by atoms with Crippen LogP contribution in [0.15, 0.2) is 24.3 Å². The minimum absolute atomic E-state index is 0.185. The number of aryl methyl sites for hydroxylation is 1. The fraction of sp³-hybridized carbons (Fsp3) is 0.741. The number of alkyl halides is 1. The first-order valence-corrected chi connectivity index (χ1v) is 15.0. The van der Waals surface area contributed by atoms with Crippen molar-refractivity contribution in [3.8, 4) is 5.75 Å². The van der Waals surface area contributed by atoms with Crippen LogP contribution in [0.1, 0.15) is 51.0 Å². The van der Waals surface area contributed by atoms with Crippen LogP contribution in [-0.2, 0) is 16.0 Å². The summed E-state index contributed by atoms with van der Waals surface area (Å²) >= 11 is 7.64. The number of nitrogens with one attached hydrogen (secondary N) is 2. The first-order valence-electron chi connectivity index (χ1n) is 13.3. The van der Waals surface area contributed by atoms with Gasteiger partial charge in [0.2, 0.25) is 5.91 Å². The Morgan fingerprint density at radius 2 is 1.89 bits per heavy atom. The molecule has 9 atom stereocenters. The van der Waals surface area contributed by atoms with E-state index in [1.165, 1.54) is 17.3 Å². The molecule has 10 heteroatoms. The molecule has 37 heavy (non-hydrogen) atoms. The lowest BCUT2D eigenvalue weighted by Crippen LogP contribution is -2.65. The maximum atomic E-state index is 13.2. The Hall–Kier alpha value is -1.07. The highest BCUT2D eigenvalue weighted by molar-refractivity contribution is 7.99. The second kappa shape index (κ2) is 14.9. The summed E-state index contributed by atoms with van der Waals surface area (Å²) < 4.78 is 11.1. The Morgan fingerprint density at radius 3 is 2.54 bits per heavy atom. The zero-order valence-corrected chi connectivity index (χ0v) is 23.6. The molecular formula is C27H43ClN2O6S. The van der Waals surface area contributed by atoms with Crippen molar-refractivity contribution >= 4 is 29.3 Å². The van der Waals surface area contributed by atoms with Crippen molar-refractivity contribution in [1.29, 1.82) is 0 Å². The molecule has 0 radical (unpaired) electrons. The number of halogens is 1. The van der Waals surface area contributed by atoms with Crippen molar-refractivity contribution in [2.45, 2.75) is 99.2 Å². The highest BCUT2D eigenvalue weighted by Gasteiger charge is 2.48. The number of carbonyl (C=O) groups excluding carboxylic acids is 1. The van der Waals surface area contributed by atoms with Gasteiger partial charge in [-0.05, 0) is 75.4 Å². The van der Waals surface area contributed by atoms with Crippen molar-refractivity contribution in [2.24, 2.45) is 5.92 Å². The first-order chi connectivity index (χ1) is 17.7. The third-order valence-corrected chi connectivity index (χ3v) is 8.73. The van der Waals surface area contributed by atoms with Gasteiger partial charge in [-0.3, -0.25) is 4.79 Å². The Bertz CT molecular complexity index is 830. The van der Waals surface area contributed by atoms with Crippen LogP contribution in [0.2, 0.25) is 0 Å². The second-order valence-electron chi connectivity index (χ2n) is 10.2. The summed E-state index contributed by atoms with van der Waals surface area (Å²) in [5.74, 6) is 1.27. The van der Waals surface area contributed by atoms with Gasteiger partial charge < -0.3 is 35.4 Å². The number of carbonyl (C=O) groups is 1. The minimum atomic E-state index is -1.38. The van der Waals surface area contributed by atoms with Crippen molar-refractivity contribution in [2.75, 3.05) is 19.9 Å². The first kappa shape index (κ1) is 30.5. The zero-order chi connectivity index (χ0) is 26.9. The van der Waals surface area contributed by atoms with Crippen LogP contribution in [0.3, 0.4) is 0 Å². The summed E-state index contributed by atoms with van der Waals surface area (Å²) in [6.07, 6.45) is 4.06. The smallest absolute Gasteiger partial charge is 0.237 e. The molecular weight excluding hydrogens is 516 g/mol. The average molecular weight is 559 g/mol. The van der Waals surface area contributed by atoms with Crippen LogP contribution in [0.25, 0.3) is 0 Å². The predicted molar refractivity (Wildman–Crippen MR) is 147 cm³/mol. The van der Waals surface area contributed by atoms with Crippen LogP contribution in [0.4, 0.5) is 0 Å². The molecule has 8 nitrogen and oxygen atoms in total. The number of aliphatic hydroxyl groups excluding tert-OH is 3. The number of methoxy groups -OCH3 is 1. The van der Waals surface area contributed by atoms with Crippen molar-refractivity contribution in [1.82, 2.24) is 10.6 Å². The van der Waals surface area contributed by atoms with Crippen LogP contribution < -0.4 is 15.4 Å². The summed E-state index contributed by atoms with van der Waals surface area (Å²) in [5.41, 5.74) is 0.598. The normalized spacial score (nSPS) is 32.2. The number of aliphatic hydroxyl groups is 3. The Labute approximate surface area is 229 Å². The Kier molecular flexibility index (Phi) is 12.3. The lowest BCUT2D eigenvalue weighted by molar-refractivity contribution is -0.205. The number of rotatable bonds is 11. The molecule has 1 aromatic rings. The molecule has 3 unspecified atom stereocenters. The van der Waals surface area contributed by atoms with E-state index in [0.29, 0.717) is 5.92 Å². The third-order valence-electron chi connectivity index (χ3n) is 7.61. The summed E-state index contributed by atoms with van der Waals surface area (Å²) in [5, 5.41) is 36.8. The van der Waals surface area contributed by atoms with Gasteiger partial charge in [0, 0.05) is 0 Å². The molecule has 2 saturated heterocycles. The second-order valence-corrected chi connectivity index (χ2v) is 11.8. The molecule has 0 aliphatic carbocycles. The largest absolute Gasteiger partial charge is 0.497 e. The molecule has 0 bridgehead atoms. The van der Waals surface area contributed by atoms with E-state index < -0.39 is 41.3 Å². The van der Waals surface area contributed by atoms with Crippen LogP contribution in [0, 0.1) is 5.92 Å². The maximum Gasteiger partial charge on any atom is 0.237 e. The molecule has 5 N–H and O–H groups in total. The minimum Gasteiger partial charge on any atom is -0.497 e. The zero-order valence-electron chi connectivity index (χ0n) is 22.0. The lowest BCUT2D eigenvalue weighted by atomic mass is 9.91. The van der Waals surface area contributed by atoms with E-state index in [9.17, 15) is 20.1 Å². The van der Waals surface area contributed by atoms with Crippen LogP contribution in [-0.4, -0.2) is 88.4 Å². The highest BCUT2D eigenvalue weighted by atomic mass is 35.5. The molecule has 1 aromatic carbocycles. The molecule has 2 heterocycles. The topological polar surface area (TPSA) is 120 Å².